The highest BCUT2D eigenvalue weighted by atomic mass is 32.2. The molecule has 1 atom stereocenters. The molecule has 1 amide bonds. The zero-order valence-electron chi connectivity index (χ0n) is 20.2. The summed E-state index contributed by atoms with van der Waals surface area (Å²) in [6.07, 6.45) is 0. The molecule has 0 aliphatic heterocycles. The van der Waals surface area contributed by atoms with Crippen LogP contribution in [0.4, 0.5) is 11.4 Å². The molecule has 3 rings (SSSR count). The number of nitrogens with zero attached hydrogens (tertiary/aromatic N) is 3. The van der Waals surface area contributed by atoms with Crippen LogP contribution in [0.5, 0.6) is 0 Å². The highest BCUT2D eigenvalue weighted by Crippen LogP contribution is 2.25. The average Bonchev–Trinajstić information content (AvgIpc) is 2.79. The predicted octanol–water partition coefficient (Wildman–Crippen LogP) is 5.12. The standard InChI is InChI=1S/C26H32N4O2S/c1-7-29(8-2)21-11-12-23(19(5)16-21)27-26(32)20(6)33-24-13-14-25(31)30(28-24)22-10-9-17(3)18(4)15-22/h9-16,20H,7-8H2,1-6H3,(H,27,32)/t20-/m0/s1. The summed E-state index contributed by atoms with van der Waals surface area (Å²) in [6, 6.07) is 15.0. The van der Waals surface area contributed by atoms with Crippen molar-refractivity contribution in [2.24, 2.45) is 0 Å². The van der Waals surface area contributed by atoms with Gasteiger partial charge in [0.25, 0.3) is 5.56 Å². The molecule has 2 aromatic carbocycles. The molecule has 7 heteroatoms. The molecule has 3 aromatic rings. The molecule has 6 nitrogen and oxygen atoms in total. The third-order valence-electron chi connectivity index (χ3n) is 5.77. The molecule has 33 heavy (non-hydrogen) atoms. The van der Waals surface area contributed by atoms with Crippen LogP contribution in [0.1, 0.15) is 37.5 Å². The number of amides is 1. The Labute approximate surface area is 200 Å². The van der Waals surface area contributed by atoms with Gasteiger partial charge >= 0.3 is 0 Å². The van der Waals surface area contributed by atoms with Gasteiger partial charge in [-0.15, -0.1) is 0 Å². The first-order valence-corrected chi connectivity index (χ1v) is 12.1. The number of carbonyl (C=O) groups excluding carboxylic acids is 1. The second-order valence-electron chi connectivity index (χ2n) is 8.11. The lowest BCUT2D eigenvalue weighted by molar-refractivity contribution is -0.115. The number of rotatable bonds is 8. The Morgan fingerprint density at radius 3 is 2.36 bits per heavy atom. The van der Waals surface area contributed by atoms with Crippen LogP contribution < -0.4 is 15.8 Å². The molecule has 174 valence electrons. The monoisotopic (exact) mass is 464 g/mol. The largest absolute Gasteiger partial charge is 0.372 e. The Hall–Kier alpha value is -3.06. The quantitative estimate of drug-likeness (QED) is 0.469. The highest BCUT2D eigenvalue weighted by molar-refractivity contribution is 8.00. The predicted molar refractivity (Wildman–Crippen MR) is 138 cm³/mol. The minimum atomic E-state index is -0.384. The van der Waals surface area contributed by atoms with E-state index in [0.29, 0.717) is 10.7 Å². The van der Waals surface area contributed by atoms with Gasteiger partial charge in [0.15, 0.2) is 0 Å². The van der Waals surface area contributed by atoms with Crippen LogP contribution in [0.3, 0.4) is 0 Å². The molecule has 0 fully saturated rings. The average molecular weight is 465 g/mol. The molecular weight excluding hydrogens is 432 g/mol. The topological polar surface area (TPSA) is 67.2 Å². The first-order chi connectivity index (χ1) is 15.7. The van der Waals surface area contributed by atoms with Crippen molar-refractivity contribution in [1.29, 1.82) is 0 Å². The van der Waals surface area contributed by atoms with Crippen molar-refractivity contribution >= 4 is 29.0 Å². The van der Waals surface area contributed by atoms with Crippen molar-refractivity contribution in [2.45, 2.75) is 51.8 Å². The van der Waals surface area contributed by atoms with E-state index >= 15 is 0 Å². The van der Waals surface area contributed by atoms with Crippen LogP contribution >= 0.6 is 11.8 Å². The number of aryl methyl sites for hydroxylation is 3. The maximum Gasteiger partial charge on any atom is 0.271 e. The first-order valence-electron chi connectivity index (χ1n) is 11.2. The van der Waals surface area contributed by atoms with E-state index < -0.39 is 0 Å². The van der Waals surface area contributed by atoms with Crippen LogP contribution in [-0.4, -0.2) is 34.0 Å². The maximum absolute atomic E-state index is 12.9. The van der Waals surface area contributed by atoms with Gasteiger partial charge in [-0.1, -0.05) is 17.8 Å². The lowest BCUT2D eigenvalue weighted by Crippen LogP contribution is -2.25. The van der Waals surface area contributed by atoms with Crippen LogP contribution in [0.15, 0.2) is 58.4 Å². The molecule has 0 aliphatic carbocycles. The van der Waals surface area contributed by atoms with E-state index in [1.54, 1.807) is 6.07 Å². The lowest BCUT2D eigenvalue weighted by Gasteiger charge is -2.22. The van der Waals surface area contributed by atoms with Crippen molar-refractivity contribution in [3.63, 3.8) is 0 Å². The van der Waals surface area contributed by atoms with Gasteiger partial charge in [0.2, 0.25) is 5.91 Å². The van der Waals surface area contributed by atoms with E-state index in [0.717, 1.165) is 41.2 Å². The molecule has 0 radical (unpaired) electrons. The molecule has 1 N–H and O–H groups in total. The van der Waals surface area contributed by atoms with Gasteiger partial charge in [-0.2, -0.15) is 9.78 Å². The second kappa shape index (κ2) is 10.7. The Bertz CT molecular complexity index is 1200. The second-order valence-corrected chi connectivity index (χ2v) is 9.47. The van der Waals surface area contributed by atoms with E-state index in [1.807, 2.05) is 58.0 Å². The van der Waals surface area contributed by atoms with Gasteiger partial charge in [-0.25, -0.2) is 0 Å². The summed E-state index contributed by atoms with van der Waals surface area (Å²) in [4.78, 5) is 27.5. The number of anilines is 2. The summed E-state index contributed by atoms with van der Waals surface area (Å²) >= 11 is 1.33. The summed E-state index contributed by atoms with van der Waals surface area (Å²) in [5.74, 6) is -0.107. The van der Waals surface area contributed by atoms with E-state index in [4.69, 9.17) is 0 Å². The lowest BCUT2D eigenvalue weighted by atomic mass is 10.1. The van der Waals surface area contributed by atoms with E-state index in [9.17, 15) is 9.59 Å². The molecule has 0 aliphatic rings. The molecule has 0 saturated carbocycles. The maximum atomic E-state index is 12.9. The Balaban J connectivity index is 1.74. The zero-order valence-corrected chi connectivity index (χ0v) is 21.0. The normalized spacial score (nSPS) is 11.8. The fraction of sp³-hybridized carbons (Fsp3) is 0.346. The minimum Gasteiger partial charge on any atom is -0.372 e. The van der Waals surface area contributed by atoms with Gasteiger partial charge in [0, 0.05) is 30.5 Å². The number of aromatic nitrogens is 2. The van der Waals surface area contributed by atoms with Crippen molar-refractivity contribution in [3.8, 4) is 5.69 Å². The smallest absolute Gasteiger partial charge is 0.271 e. The van der Waals surface area contributed by atoms with Gasteiger partial charge in [0.05, 0.1) is 10.9 Å². The number of hydrogen-bond donors (Lipinski definition) is 1. The zero-order chi connectivity index (χ0) is 24.1. The summed E-state index contributed by atoms with van der Waals surface area (Å²) in [5, 5.41) is 7.75. The molecule has 0 saturated heterocycles. The number of nitrogens with one attached hydrogen (secondary N) is 1. The number of hydrogen-bond acceptors (Lipinski definition) is 5. The molecular formula is C26H32N4O2S. The Kier molecular flexibility index (Phi) is 7.97. The summed E-state index contributed by atoms with van der Waals surface area (Å²) in [7, 11) is 0. The Morgan fingerprint density at radius 2 is 1.73 bits per heavy atom. The summed E-state index contributed by atoms with van der Waals surface area (Å²) < 4.78 is 1.38. The van der Waals surface area contributed by atoms with E-state index in [-0.39, 0.29) is 16.7 Å². The van der Waals surface area contributed by atoms with Gasteiger partial charge in [-0.05, 0) is 94.6 Å². The molecule has 0 bridgehead atoms. The molecule has 0 unspecified atom stereocenters. The fourth-order valence-corrected chi connectivity index (χ4v) is 4.35. The summed E-state index contributed by atoms with van der Waals surface area (Å²) in [6.45, 7) is 14.0. The van der Waals surface area contributed by atoms with Crippen molar-refractivity contribution < 1.29 is 4.79 Å². The minimum absolute atomic E-state index is 0.107. The number of carbonyl (C=O) groups is 1. The third-order valence-corrected chi connectivity index (χ3v) is 6.80. The summed E-state index contributed by atoms with van der Waals surface area (Å²) in [5.41, 5.74) is 5.73. The number of thioether (sulfide) groups is 1. The first kappa shape index (κ1) is 24.6. The van der Waals surface area contributed by atoms with Crippen molar-refractivity contribution in [1.82, 2.24) is 9.78 Å². The van der Waals surface area contributed by atoms with Crippen LogP contribution in [0.2, 0.25) is 0 Å². The third kappa shape index (κ3) is 5.85. The van der Waals surface area contributed by atoms with Gasteiger partial charge in [0.1, 0.15) is 5.03 Å². The van der Waals surface area contributed by atoms with Crippen molar-refractivity contribution in [2.75, 3.05) is 23.3 Å². The Morgan fingerprint density at radius 1 is 1.00 bits per heavy atom. The van der Waals surface area contributed by atoms with Crippen LogP contribution in [0, 0.1) is 20.8 Å². The molecule has 1 heterocycles. The fourth-order valence-electron chi connectivity index (χ4n) is 3.54. The SMILES string of the molecule is CCN(CC)c1ccc(NC(=O)[C@H](C)Sc2ccc(=O)n(-c3ccc(C)c(C)c3)n2)c(C)c1. The van der Waals surface area contributed by atoms with Gasteiger partial charge < -0.3 is 10.2 Å². The van der Waals surface area contributed by atoms with Crippen molar-refractivity contribution in [3.05, 3.63) is 75.6 Å². The highest BCUT2D eigenvalue weighted by Gasteiger charge is 2.17. The van der Waals surface area contributed by atoms with E-state index in [2.05, 4.69) is 35.2 Å². The molecule has 1 aromatic heterocycles. The van der Waals surface area contributed by atoms with Crippen LogP contribution in [-0.2, 0) is 4.79 Å². The van der Waals surface area contributed by atoms with Crippen LogP contribution in [0.25, 0.3) is 5.69 Å². The molecule has 0 spiro atoms. The van der Waals surface area contributed by atoms with Gasteiger partial charge in [-0.3, -0.25) is 9.59 Å². The number of benzene rings is 2. The van der Waals surface area contributed by atoms with E-state index in [1.165, 1.54) is 22.5 Å².